The number of alkyl halides is 1. The highest BCUT2D eigenvalue weighted by Crippen LogP contribution is 2.12. The number of sulfonamides is 1. The van der Waals surface area contributed by atoms with E-state index < -0.39 is 10.0 Å². The van der Waals surface area contributed by atoms with Crippen molar-refractivity contribution < 1.29 is 8.42 Å². The first-order valence-electron chi connectivity index (χ1n) is 5.79. The van der Waals surface area contributed by atoms with Crippen molar-refractivity contribution in [3.63, 3.8) is 0 Å². The van der Waals surface area contributed by atoms with Crippen LogP contribution in [0.4, 0.5) is 0 Å². The normalized spacial score (nSPS) is 13.8. The molecule has 0 aliphatic rings. The van der Waals surface area contributed by atoms with Gasteiger partial charge in [0.25, 0.3) is 0 Å². The van der Waals surface area contributed by atoms with E-state index in [-0.39, 0.29) is 18.2 Å². The molecule has 0 aliphatic carbocycles. The molecule has 1 rings (SSSR count). The van der Waals surface area contributed by atoms with E-state index in [9.17, 15) is 8.42 Å². The summed E-state index contributed by atoms with van der Waals surface area (Å²) >= 11 is 5.62. The Morgan fingerprint density at radius 2 is 2.06 bits per heavy atom. The number of nitrogens with zero attached hydrogens (tertiary/aromatic N) is 2. The van der Waals surface area contributed by atoms with Crippen molar-refractivity contribution >= 4 is 21.6 Å². The maximum Gasteiger partial charge on any atom is 0.212 e. The van der Waals surface area contributed by atoms with Gasteiger partial charge in [0.2, 0.25) is 10.0 Å². The van der Waals surface area contributed by atoms with Crippen LogP contribution in [0.3, 0.4) is 0 Å². The molecule has 0 amide bonds. The molecular weight excluding hydrogens is 274 g/mol. The molecule has 7 heteroatoms. The summed E-state index contributed by atoms with van der Waals surface area (Å²) in [4.78, 5) is 0. The second kappa shape index (κ2) is 6.04. The van der Waals surface area contributed by atoms with Gasteiger partial charge in [0.1, 0.15) is 0 Å². The molecule has 1 atom stereocenters. The van der Waals surface area contributed by atoms with Crippen LogP contribution in [-0.4, -0.2) is 29.8 Å². The van der Waals surface area contributed by atoms with Gasteiger partial charge in [-0.2, -0.15) is 5.10 Å². The summed E-state index contributed by atoms with van der Waals surface area (Å²) in [6, 6.07) is 0. The van der Waals surface area contributed by atoms with E-state index in [1.165, 1.54) is 0 Å². The minimum Gasteiger partial charge on any atom is -0.272 e. The largest absolute Gasteiger partial charge is 0.272 e. The average molecular weight is 294 g/mol. The minimum atomic E-state index is -3.29. The Morgan fingerprint density at radius 3 is 2.50 bits per heavy atom. The molecule has 18 heavy (non-hydrogen) atoms. The van der Waals surface area contributed by atoms with Crippen LogP contribution in [0.5, 0.6) is 0 Å². The SMILES string of the molecule is Cc1nn(C)c(C)c1CNS(=O)(=O)CC(C)CCl. The van der Waals surface area contributed by atoms with Gasteiger partial charge in [0, 0.05) is 30.7 Å². The van der Waals surface area contributed by atoms with E-state index in [0.29, 0.717) is 5.88 Å². The zero-order valence-corrected chi connectivity index (χ0v) is 12.8. The van der Waals surface area contributed by atoms with E-state index in [1.54, 1.807) is 4.68 Å². The van der Waals surface area contributed by atoms with Crippen molar-refractivity contribution in [2.24, 2.45) is 13.0 Å². The van der Waals surface area contributed by atoms with Crippen molar-refractivity contribution in [1.82, 2.24) is 14.5 Å². The molecule has 1 aromatic heterocycles. The van der Waals surface area contributed by atoms with Crippen LogP contribution >= 0.6 is 11.6 Å². The first-order chi connectivity index (χ1) is 8.26. The van der Waals surface area contributed by atoms with Crippen LogP contribution in [0.25, 0.3) is 0 Å². The molecule has 0 spiro atoms. The minimum absolute atomic E-state index is 0.0505. The Hall–Kier alpha value is -0.590. The molecule has 104 valence electrons. The molecule has 0 aromatic carbocycles. The second-order valence-electron chi connectivity index (χ2n) is 4.63. The van der Waals surface area contributed by atoms with Gasteiger partial charge in [-0.05, 0) is 19.8 Å². The Labute approximate surface area is 114 Å². The molecule has 0 saturated heterocycles. The van der Waals surface area contributed by atoms with E-state index >= 15 is 0 Å². The van der Waals surface area contributed by atoms with Crippen molar-refractivity contribution in [2.75, 3.05) is 11.6 Å². The third kappa shape index (κ3) is 3.96. The highest BCUT2D eigenvalue weighted by molar-refractivity contribution is 7.89. The number of aromatic nitrogens is 2. The maximum absolute atomic E-state index is 11.8. The predicted octanol–water partition coefficient (Wildman–Crippen LogP) is 1.33. The molecule has 0 aliphatic heterocycles. The lowest BCUT2D eigenvalue weighted by atomic mass is 10.2. The fourth-order valence-corrected chi connectivity index (χ4v) is 3.32. The van der Waals surface area contributed by atoms with E-state index in [4.69, 9.17) is 11.6 Å². The topological polar surface area (TPSA) is 64.0 Å². The maximum atomic E-state index is 11.8. The second-order valence-corrected chi connectivity index (χ2v) is 6.80. The molecule has 5 nitrogen and oxygen atoms in total. The first kappa shape index (κ1) is 15.5. The number of hydrogen-bond donors (Lipinski definition) is 1. The van der Waals surface area contributed by atoms with Crippen LogP contribution < -0.4 is 4.72 Å². The highest BCUT2D eigenvalue weighted by Gasteiger charge is 2.17. The predicted molar refractivity (Wildman–Crippen MR) is 73.2 cm³/mol. The van der Waals surface area contributed by atoms with Crippen molar-refractivity contribution in [3.8, 4) is 0 Å². The van der Waals surface area contributed by atoms with E-state index in [0.717, 1.165) is 17.0 Å². The highest BCUT2D eigenvalue weighted by atomic mass is 35.5. The molecular formula is C11H20ClN3O2S. The summed E-state index contributed by atoms with van der Waals surface area (Å²) in [6.45, 7) is 5.89. The van der Waals surface area contributed by atoms with Crippen LogP contribution in [0.2, 0.25) is 0 Å². The fraction of sp³-hybridized carbons (Fsp3) is 0.727. The Balaban J connectivity index is 2.70. The molecule has 1 aromatic rings. The smallest absolute Gasteiger partial charge is 0.212 e. The fourth-order valence-electron chi connectivity index (χ4n) is 1.73. The van der Waals surface area contributed by atoms with Gasteiger partial charge in [0.05, 0.1) is 11.4 Å². The quantitative estimate of drug-likeness (QED) is 0.805. The summed E-state index contributed by atoms with van der Waals surface area (Å²) in [6.07, 6.45) is 0. The molecule has 1 unspecified atom stereocenters. The Morgan fingerprint density at radius 1 is 1.44 bits per heavy atom. The molecule has 1 N–H and O–H groups in total. The van der Waals surface area contributed by atoms with Crippen LogP contribution in [-0.2, 0) is 23.6 Å². The lowest BCUT2D eigenvalue weighted by molar-refractivity contribution is 0.568. The van der Waals surface area contributed by atoms with Crippen LogP contribution in [0.1, 0.15) is 23.9 Å². The number of aryl methyl sites for hydroxylation is 2. The number of rotatable bonds is 6. The van der Waals surface area contributed by atoms with Crippen molar-refractivity contribution in [3.05, 3.63) is 17.0 Å². The van der Waals surface area contributed by atoms with Gasteiger partial charge in [0.15, 0.2) is 0 Å². The Kier molecular flexibility index (Phi) is 5.19. The van der Waals surface area contributed by atoms with E-state index in [2.05, 4.69) is 9.82 Å². The lowest BCUT2D eigenvalue weighted by Gasteiger charge is -2.10. The van der Waals surface area contributed by atoms with Gasteiger partial charge >= 0.3 is 0 Å². The summed E-state index contributed by atoms with van der Waals surface area (Å²) in [5.41, 5.74) is 2.75. The van der Waals surface area contributed by atoms with Gasteiger partial charge < -0.3 is 0 Å². The van der Waals surface area contributed by atoms with Gasteiger partial charge in [-0.3, -0.25) is 4.68 Å². The van der Waals surface area contributed by atoms with E-state index in [1.807, 2.05) is 27.8 Å². The number of nitrogens with one attached hydrogen (secondary N) is 1. The summed E-state index contributed by atoms with van der Waals surface area (Å²) in [5.74, 6) is 0.334. The van der Waals surface area contributed by atoms with Gasteiger partial charge in [-0.15, -0.1) is 11.6 Å². The number of hydrogen-bond acceptors (Lipinski definition) is 3. The van der Waals surface area contributed by atoms with Crippen LogP contribution in [0.15, 0.2) is 0 Å². The molecule has 0 bridgehead atoms. The van der Waals surface area contributed by atoms with Gasteiger partial charge in [-0.25, -0.2) is 13.1 Å². The third-order valence-corrected chi connectivity index (χ3v) is 5.01. The molecule has 1 heterocycles. The molecule has 0 saturated carbocycles. The third-order valence-electron chi connectivity index (χ3n) is 2.90. The van der Waals surface area contributed by atoms with Crippen molar-refractivity contribution in [2.45, 2.75) is 27.3 Å². The summed E-state index contributed by atoms with van der Waals surface area (Å²) < 4.78 is 28.0. The summed E-state index contributed by atoms with van der Waals surface area (Å²) in [5, 5.41) is 4.25. The standard InChI is InChI=1S/C11H20ClN3O2S/c1-8(5-12)7-18(16,17)13-6-11-9(2)14-15(4)10(11)3/h8,13H,5-7H2,1-4H3. The zero-order valence-electron chi connectivity index (χ0n) is 11.2. The Bertz CT molecular complexity index is 511. The molecule has 0 fully saturated rings. The average Bonchev–Trinajstić information content (AvgIpc) is 2.50. The van der Waals surface area contributed by atoms with Crippen molar-refractivity contribution in [1.29, 1.82) is 0 Å². The zero-order chi connectivity index (χ0) is 13.9. The number of halogens is 1. The first-order valence-corrected chi connectivity index (χ1v) is 7.98. The van der Waals surface area contributed by atoms with Gasteiger partial charge in [-0.1, -0.05) is 6.92 Å². The monoisotopic (exact) mass is 293 g/mol. The van der Waals surface area contributed by atoms with Crippen LogP contribution in [0, 0.1) is 19.8 Å². The lowest BCUT2D eigenvalue weighted by Crippen LogP contribution is -2.29. The molecule has 0 radical (unpaired) electrons. The summed E-state index contributed by atoms with van der Waals surface area (Å²) in [7, 11) is -1.44.